The Balaban J connectivity index is 4.74. The van der Waals surface area contributed by atoms with Gasteiger partial charge in [0.15, 0.2) is 0 Å². The van der Waals surface area contributed by atoms with Gasteiger partial charge < -0.3 is 19.8 Å². The highest BCUT2D eigenvalue weighted by molar-refractivity contribution is 7.47. The Morgan fingerprint density at radius 1 is 0.761 bits per heavy atom. The van der Waals surface area contributed by atoms with E-state index in [-0.39, 0.29) is 25.5 Å². The number of aliphatic hydroxyl groups excluding tert-OH is 1. The van der Waals surface area contributed by atoms with Gasteiger partial charge in [-0.2, -0.15) is 0 Å². The first-order valence-electron chi connectivity index (χ1n) is 17.7. The maximum Gasteiger partial charge on any atom is 0.472 e. The van der Waals surface area contributed by atoms with Gasteiger partial charge >= 0.3 is 7.82 Å². The topological polar surface area (TPSA) is 105 Å². The maximum atomic E-state index is 12.7. The molecule has 0 heterocycles. The van der Waals surface area contributed by atoms with Crippen molar-refractivity contribution in [3.05, 3.63) is 60.8 Å². The Morgan fingerprint density at radius 3 is 1.87 bits per heavy atom. The van der Waals surface area contributed by atoms with Gasteiger partial charge in [-0.15, -0.1) is 0 Å². The number of likely N-dealkylation sites (N-methyl/N-ethyl adjacent to an activating group) is 1. The van der Waals surface area contributed by atoms with Crippen LogP contribution in [-0.2, 0) is 18.4 Å². The predicted octanol–water partition coefficient (Wildman–Crippen LogP) is 8.73. The highest BCUT2D eigenvalue weighted by atomic mass is 31.2. The SMILES string of the molecule is CC/C=C\C/C=C\C/C=C\C/C=C\CCC(=O)NC(COP(=O)(O)OCC[N+](C)(C)C)C(O)/C=C/CCCCCCCCCCC. The number of nitrogens with one attached hydrogen (secondary N) is 1. The molecule has 0 bridgehead atoms. The quantitative estimate of drug-likeness (QED) is 0.0306. The van der Waals surface area contributed by atoms with Crippen LogP contribution in [0.25, 0.3) is 0 Å². The molecule has 3 unspecified atom stereocenters. The van der Waals surface area contributed by atoms with Crippen LogP contribution in [0.15, 0.2) is 60.8 Å². The summed E-state index contributed by atoms with van der Waals surface area (Å²) in [7, 11) is 1.51. The minimum absolute atomic E-state index is 0.0460. The average Bonchev–Trinajstić information content (AvgIpc) is 2.99. The molecule has 0 aromatic carbocycles. The third-order valence-corrected chi connectivity index (χ3v) is 8.24. The molecule has 3 atom stereocenters. The van der Waals surface area contributed by atoms with Gasteiger partial charge in [-0.3, -0.25) is 13.8 Å². The number of phosphoric ester groups is 1. The van der Waals surface area contributed by atoms with Crippen LogP contribution in [0.4, 0.5) is 0 Å². The summed E-state index contributed by atoms with van der Waals surface area (Å²) in [4.78, 5) is 22.9. The number of carbonyl (C=O) groups excluding carboxylic acids is 1. The highest BCUT2D eigenvalue weighted by Gasteiger charge is 2.27. The lowest BCUT2D eigenvalue weighted by Crippen LogP contribution is -2.45. The molecule has 266 valence electrons. The Hall–Kier alpha value is -1.80. The lowest BCUT2D eigenvalue weighted by molar-refractivity contribution is -0.870. The van der Waals surface area contributed by atoms with Crippen LogP contribution in [0.5, 0.6) is 0 Å². The van der Waals surface area contributed by atoms with Gasteiger partial charge in [-0.1, -0.05) is 126 Å². The fourth-order valence-corrected chi connectivity index (χ4v) is 5.14. The van der Waals surface area contributed by atoms with Crippen molar-refractivity contribution in [2.45, 2.75) is 129 Å². The third kappa shape index (κ3) is 30.8. The van der Waals surface area contributed by atoms with E-state index in [0.29, 0.717) is 17.4 Å². The first kappa shape index (κ1) is 44.2. The van der Waals surface area contributed by atoms with Crippen molar-refractivity contribution < 1.29 is 32.9 Å². The van der Waals surface area contributed by atoms with Gasteiger partial charge in [0.25, 0.3) is 0 Å². The minimum atomic E-state index is -4.34. The number of aliphatic hydroxyl groups is 1. The zero-order valence-electron chi connectivity index (χ0n) is 29.8. The van der Waals surface area contributed by atoms with Crippen molar-refractivity contribution >= 4 is 13.7 Å². The summed E-state index contributed by atoms with van der Waals surface area (Å²) < 4.78 is 23.3. The molecule has 0 aromatic heterocycles. The Labute approximate surface area is 281 Å². The number of quaternary nitrogens is 1. The Morgan fingerprint density at radius 2 is 1.30 bits per heavy atom. The molecule has 0 aliphatic heterocycles. The van der Waals surface area contributed by atoms with Gasteiger partial charge in [0.1, 0.15) is 13.2 Å². The molecule has 0 saturated carbocycles. The number of nitrogens with zero attached hydrogens (tertiary/aromatic N) is 1. The molecule has 0 aliphatic rings. The molecule has 3 N–H and O–H groups in total. The van der Waals surface area contributed by atoms with E-state index >= 15 is 0 Å². The normalized spacial score (nSPS) is 15.5. The van der Waals surface area contributed by atoms with Crippen LogP contribution >= 0.6 is 7.82 Å². The second-order valence-corrected chi connectivity index (χ2v) is 14.3. The van der Waals surface area contributed by atoms with E-state index in [1.807, 2.05) is 39.4 Å². The molecule has 1 amide bonds. The molecule has 0 radical (unpaired) electrons. The van der Waals surface area contributed by atoms with Crippen molar-refractivity contribution in [3.63, 3.8) is 0 Å². The fraction of sp³-hybridized carbons (Fsp3) is 0.703. The lowest BCUT2D eigenvalue weighted by Gasteiger charge is -2.25. The summed E-state index contributed by atoms with van der Waals surface area (Å²) in [6, 6.07) is -0.883. The highest BCUT2D eigenvalue weighted by Crippen LogP contribution is 2.43. The zero-order chi connectivity index (χ0) is 34.4. The molecule has 0 spiro atoms. The maximum absolute atomic E-state index is 12.7. The number of rotatable bonds is 30. The van der Waals surface area contributed by atoms with Crippen molar-refractivity contribution in [1.82, 2.24) is 5.32 Å². The summed E-state index contributed by atoms with van der Waals surface area (Å²) in [6.07, 6.45) is 35.9. The molecule has 46 heavy (non-hydrogen) atoms. The number of unbranched alkanes of at least 4 members (excludes halogenated alkanes) is 9. The zero-order valence-corrected chi connectivity index (χ0v) is 30.7. The van der Waals surface area contributed by atoms with E-state index in [2.05, 4.69) is 55.6 Å². The summed E-state index contributed by atoms with van der Waals surface area (Å²) >= 11 is 0. The summed E-state index contributed by atoms with van der Waals surface area (Å²) in [6.45, 7) is 4.58. The van der Waals surface area contributed by atoms with Crippen LogP contribution in [0.3, 0.4) is 0 Å². The van der Waals surface area contributed by atoms with E-state index < -0.39 is 20.0 Å². The molecule has 0 aromatic rings. The Bertz CT molecular complexity index is 939. The first-order chi connectivity index (χ1) is 22.0. The first-order valence-corrected chi connectivity index (χ1v) is 19.2. The van der Waals surface area contributed by atoms with Crippen LogP contribution in [0.1, 0.15) is 117 Å². The summed E-state index contributed by atoms with van der Waals surface area (Å²) in [5.74, 6) is -0.263. The molecule has 8 nitrogen and oxygen atoms in total. The fourth-order valence-electron chi connectivity index (χ4n) is 4.40. The van der Waals surface area contributed by atoms with Gasteiger partial charge in [0, 0.05) is 6.42 Å². The van der Waals surface area contributed by atoms with Gasteiger partial charge in [-0.05, 0) is 44.9 Å². The van der Waals surface area contributed by atoms with Gasteiger partial charge in [0.05, 0.1) is 39.9 Å². The number of amides is 1. The van der Waals surface area contributed by atoms with E-state index in [4.69, 9.17) is 9.05 Å². The number of phosphoric acid groups is 1. The average molecular weight is 668 g/mol. The van der Waals surface area contributed by atoms with Crippen molar-refractivity contribution in [2.24, 2.45) is 0 Å². The standard InChI is InChI=1S/C37H67N2O6P/c1-6-8-10-12-14-16-18-19-21-23-25-27-29-31-37(41)38-35(34-45-46(42,43)44-33-32-39(3,4)5)36(40)30-28-26-24-22-20-17-15-13-11-9-7-2/h8,10,14,16,19,21,25,27-28,30,35-36,40H,6-7,9,11-13,15,17-18,20,22-24,26,29,31-34H2,1-5H3,(H-,38,41,42,43)/p+1/b10-8-,16-14-,21-19-,27-25-,30-28+. The summed E-state index contributed by atoms with van der Waals surface area (Å²) in [5, 5.41) is 13.6. The molecule has 0 aliphatic carbocycles. The number of hydrogen-bond acceptors (Lipinski definition) is 5. The van der Waals surface area contributed by atoms with Crippen LogP contribution in [-0.4, -0.2) is 73.4 Å². The number of carbonyl (C=O) groups is 1. The van der Waals surface area contributed by atoms with E-state index in [1.54, 1.807) is 6.08 Å². The van der Waals surface area contributed by atoms with Crippen LogP contribution in [0.2, 0.25) is 0 Å². The molecular weight excluding hydrogens is 599 g/mol. The monoisotopic (exact) mass is 667 g/mol. The van der Waals surface area contributed by atoms with Gasteiger partial charge in [-0.25, -0.2) is 4.57 Å². The largest absolute Gasteiger partial charge is 0.472 e. The van der Waals surface area contributed by atoms with Crippen molar-refractivity contribution in [2.75, 3.05) is 40.9 Å². The second-order valence-electron chi connectivity index (χ2n) is 12.9. The van der Waals surface area contributed by atoms with Crippen LogP contribution < -0.4 is 5.32 Å². The molecule has 0 fully saturated rings. The molecule has 0 saturated heterocycles. The smallest absolute Gasteiger partial charge is 0.387 e. The third-order valence-electron chi connectivity index (χ3n) is 7.26. The summed E-state index contributed by atoms with van der Waals surface area (Å²) in [5.41, 5.74) is 0. The van der Waals surface area contributed by atoms with E-state index in [9.17, 15) is 19.4 Å². The van der Waals surface area contributed by atoms with E-state index in [1.165, 1.54) is 44.9 Å². The lowest BCUT2D eigenvalue weighted by atomic mass is 10.1. The number of hydrogen-bond donors (Lipinski definition) is 3. The van der Waals surface area contributed by atoms with Crippen molar-refractivity contribution in [3.8, 4) is 0 Å². The van der Waals surface area contributed by atoms with Gasteiger partial charge in [0.2, 0.25) is 5.91 Å². The molecule has 9 heteroatoms. The van der Waals surface area contributed by atoms with E-state index in [0.717, 1.165) is 44.9 Å². The Kier molecular flexibility index (Phi) is 28.2. The second kappa shape index (κ2) is 29.3. The van der Waals surface area contributed by atoms with Crippen molar-refractivity contribution in [1.29, 1.82) is 0 Å². The van der Waals surface area contributed by atoms with Crippen LogP contribution in [0, 0.1) is 0 Å². The molecule has 0 rings (SSSR count). The number of allylic oxidation sites excluding steroid dienone is 9. The molecular formula is C37H68N2O6P+. The predicted molar refractivity (Wildman–Crippen MR) is 193 cm³/mol. The minimum Gasteiger partial charge on any atom is -0.387 e.